The molecule has 1 heterocycles. The van der Waals surface area contributed by atoms with Gasteiger partial charge in [0.25, 0.3) is 0 Å². The van der Waals surface area contributed by atoms with Crippen LogP contribution in [-0.4, -0.2) is 11.0 Å². The Bertz CT molecular complexity index is 209. The Morgan fingerprint density at radius 3 is 2.91 bits per heavy atom. The van der Waals surface area contributed by atoms with Crippen LogP contribution in [-0.2, 0) is 6.42 Å². The highest BCUT2D eigenvalue weighted by atomic mass is 14.7. The van der Waals surface area contributed by atoms with E-state index in [1.165, 1.54) is 24.8 Å². The first-order valence-electron chi connectivity index (χ1n) is 4.22. The van der Waals surface area contributed by atoms with E-state index < -0.39 is 0 Å². The molecule has 1 aliphatic carbocycles. The monoisotopic (exact) mass is 150 g/mol. The summed E-state index contributed by atoms with van der Waals surface area (Å²) in [4.78, 5) is 3.06. The Balaban J connectivity index is 1.84. The fourth-order valence-electron chi connectivity index (χ4n) is 1.77. The first-order chi connectivity index (χ1) is 5.34. The van der Waals surface area contributed by atoms with Gasteiger partial charge in [0, 0.05) is 18.4 Å². The molecule has 0 spiro atoms. The second kappa shape index (κ2) is 2.70. The molecule has 2 heteroatoms. The van der Waals surface area contributed by atoms with E-state index in [4.69, 9.17) is 5.73 Å². The minimum Gasteiger partial charge on any atom is -0.367 e. The highest BCUT2D eigenvalue weighted by Crippen LogP contribution is 2.28. The van der Waals surface area contributed by atoms with Crippen molar-refractivity contribution in [2.24, 2.45) is 11.7 Å². The van der Waals surface area contributed by atoms with E-state index >= 15 is 0 Å². The van der Waals surface area contributed by atoms with E-state index in [-0.39, 0.29) is 0 Å². The number of nitrogens with two attached hydrogens (primary N) is 1. The first-order valence-corrected chi connectivity index (χ1v) is 4.22. The fourth-order valence-corrected chi connectivity index (χ4v) is 1.77. The van der Waals surface area contributed by atoms with Crippen LogP contribution in [0.25, 0.3) is 0 Å². The van der Waals surface area contributed by atoms with E-state index in [0.717, 1.165) is 5.92 Å². The number of aromatic amines is 1. The first kappa shape index (κ1) is 6.92. The molecule has 1 aliphatic rings. The predicted octanol–water partition coefficient (Wildman–Crippen LogP) is 1.29. The van der Waals surface area contributed by atoms with Crippen molar-refractivity contribution >= 4 is 0 Å². The number of rotatable bonds is 2. The quantitative estimate of drug-likeness (QED) is 0.655. The van der Waals surface area contributed by atoms with Crippen LogP contribution in [0.5, 0.6) is 0 Å². The minimum absolute atomic E-state index is 0.485. The SMILES string of the molecule is NC1CC(Cc2cc[nH]c2)C1. The molecule has 0 unspecified atom stereocenters. The van der Waals surface area contributed by atoms with Crippen LogP contribution in [0.2, 0.25) is 0 Å². The standard InChI is InChI=1S/C9H14N2/c10-9-4-8(5-9)3-7-1-2-11-6-7/h1-2,6,8-9,11H,3-5,10H2. The fraction of sp³-hybridized carbons (Fsp3) is 0.556. The Morgan fingerprint density at radius 2 is 2.36 bits per heavy atom. The highest BCUT2D eigenvalue weighted by molar-refractivity contribution is 5.10. The second-order valence-corrected chi connectivity index (χ2v) is 3.52. The van der Waals surface area contributed by atoms with Crippen LogP contribution < -0.4 is 5.73 Å². The van der Waals surface area contributed by atoms with Gasteiger partial charge in [0.05, 0.1) is 0 Å². The van der Waals surface area contributed by atoms with E-state index in [9.17, 15) is 0 Å². The number of nitrogens with one attached hydrogen (secondary N) is 1. The zero-order valence-corrected chi connectivity index (χ0v) is 6.59. The van der Waals surface area contributed by atoms with Gasteiger partial charge in [0.15, 0.2) is 0 Å². The molecular formula is C9H14N2. The van der Waals surface area contributed by atoms with Crippen LogP contribution >= 0.6 is 0 Å². The molecule has 0 bridgehead atoms. The lowest BCUT2D eigenvalue weighted by Crippen LogP contribution is -2.37. The van der Waals surface area contributed by atoms with Crippen LogP contribution in [0.3, 0.4) is 0 Å². The molecule has 60 valence electrons. The maximum atomic E-state index is 5.69. The Morgan fingerprint density at radius 1 is 1.55 bits per heavy atom. The minimum atomic E-state index is 0.485. The molecule has 1 saturated carbocycles. The largest absolute Gasteiger partial charge is 0.367 e. The van der Waals surface area contributed by atoms with Crippen molar-refractivity contribution in [2.45, 2.75) is 25.3 Å². The van der Waals surface area contributed by atoms with Crippen molar-refractivity contribution in [3.63, 3.8) is 0 Å². The van der Waals surface area contributed by atoms with E-state index in [0.29, 0.717) is 6.04 Å². The lowest BCUT2D eigenvalue weighted by Gasteiger charge is -2.32. The summed E-state index contributed by atoms with van der Waals surface area (Å²) in [5.41, 5.74) is 7.11. The number of H-pyrrole nitrogens is 1. The molecule has 1 aromatic heterocycles. The normalized spacial score (nSPS) is 29.9. The highest BCUT2D eigenvalue weighted by Gasteiger charge is 2.25. The van der Waals surface area contributed by atoms with Gasteiger partial charge in [-0.2, -0.15) is 0 Å². The van der Waals surface area contributed by atoms with Gasteiger partial charge in [-0.15, -0.1) is 0 Å². The summed E-state index contributed by atoms with van der Waals surface area (Å²) in [6.07, 6.45) is 7.69. The summed E-state index contributed by atoms with van der Waals surface area (Å²) in [7, 11) is 0. The molecule has 1 fully saturated rings. The topological polar surface area (TPSA) is 41.8 Å². The third-order valence-corrected chi connectivity index (χ3v) is 2.46. The average molecular weight is 150 g/mol. The molecule has 0 aliphatic heterocycles. The van der Waals surface area contributed by atoms with E-state index in [1.807, 2.05) is 6.20 Å². The number of hydrogen-bond donors (Lipinski definition) is 2. The summed E-state index contributed by atoms with van der Waals surface area (Å²) in [6, 6.07) is 2.63. The van der Waals surface area contributed by atoms with E-state index in [1.54, 1.807) is 0 Å². The molecule has 11 heavy (non-hydrogen) atoms. The van der Waals surface area contributed by atoms with Crippen molar-refractivity contribution in [3.8, 4) is 0 Å². The molecule has 0 aromatic carbocycles. The van der Waals surface area contributed by atoms with E-state index in [2.05, 4.69) is 17.2 Å². The van der Waals surface area contributed by atoms with Crippen LogP contribution in [0.1, 0.15) is 18.4 Å². The second-order valence-electron chi connectivity index (χ2n) is 3.52. The molecule has 0 atom stereocenters. The molecule has 2 rings (SSSR count). The zero-order chi connectivity index (χ0) is 7.68. The summed E-state index contributed by atoms with van der Waals surface area (Å²) < 4.78 is 0. The lowest BCUT2D eigenvalue weighted by molar-refractivity contribution is 0.264. The van der Waals surface area contributed by atoms with Gasteiger partial charge < -0.3 is 10.7 Å². The van der Waals surface area contributed by atoms with Crippen LogP contribution in [0, 0.1) is 5.92 Å². The van der Waals surface area contributed by atoms with Crippen molar-refractivity contribution in [1.82, 2.24) is 4.98 Å². The summed E-state index contributed by atoms with van der Waals surface area (Å²) >= 11 is 0. The zero-order valence-electron chi connectivity index (χ0n) is 6.59. The van der Waals surface area contributed by atoms with Gasteiger partial charge in [-0.1, -0.05) is 0 Å². The van der Waals surface area contributed by atoms with Crippen molar-refractivity contribution in [3.05, 3.63) is 24.0 Å². The molecular weight excluding hydrogens is 136 g/mol. The maximum Gasteiger partial charge on any atom is 0.00443 e. The Hall–Kier alpha value is -0.760. The maximum absolute atomic E-state index is 5.69. The summed E-state index contributed by atoms with van der Waals surface area (Å²) in [5, 5.41) is 0. The van der Waals surface area contributed by atoms with Gasteiger partial charge in [-0.05, 0) is 36.8 Å². The third-order valence-electron chi connectivity index (χ3n) is 2.46. The molecule has 0 amide bonds. The number of hydrogen-bond acceptors (Lipinski definition) is 1. The van der Waals surface area contributed by atoms with Gasteiger partial charge in [-0.3, -0.25) is 0 Å². The van der Waals surface area contributed by atoms with Crippen molar-refractivity contribution in [1.29, 1.82) is 0 Å². The predicted molar refractivity (Wildman–Crippen MR) is 45.2 cm³/mol. The van der Waals surface area contributed by atoms with Gasteiger partial charge in [-0.25, -0.2) is 0 Å². The smallest absolute Gasteiger partial charge is 0.00443 e. The van der Waals surface area contributed by atoms with Crippen molar-refractivity contribution < 1.29 is 0 Å². The molecule has 2 nitrogen and oxygen atoms in total. The average Bonchev–Trinajstić information content (AvgIpc) is 2.36. The van der Waals surface area contributed by atoms with Gasteiger partial charge in [0.1, 0.15) is 0 Å². The molecule has 0 saturated heterocycles. The number of aromatic nitrogens is 1. The van der Waals surface area contributed by atoms with Gasteiger partial charge in [0.2, 0.25) is 0 Å². The lowest BCUT2D eigenvalue weighted by atomic mass is 9.77. The Labute approximate surface area is 66.8 Å². The summed E-state index contributed by atoms with van der Waals surface area (Å²) in [5.74, 6) is 0.848. The van der Waals surface area contributed by atoms with Crippen LogP contribution in [0.4, 0.5) is 0 Å². The summed E-state index contributed by atoms with van der Waals surface area (Å²) in [6.45, 7) is 0. The Kier molecular flexibility index (Phi) is 1.70. The third kappa shape index (κ3) is 1.46. The van der Waals surface area contributed by atoms with Crippen LogP contribution in [0.15, 0.2) is 18.5 Å². The molecule has 1 aromatic rings. The van der Waals surface area contributed by atoms with Gasteiger partial charge >= 0.3 is 0 Å². The van der Waals surface area contributed by atoms with Crippen molar-refractivity contribution in [2.75, 3.05) is 0 Å². The molecule has 3 N–H and O–H groups in total. The molecule has 0 radical (unpaired) electrons.